The van der Waals surface area contributed by atoms with Gasteiger partial charge in [0.15, 0.2) is 11.5 Å². The lowest BCUT2D eigenvalue weighted by Gasteiger charge is -2.42. The highest BCUT2D eigenvalue weighted by Gasteiger charge is 2.42. The maximum Gasteiger partial charge on any atom is 0.286 e. The minimum Gasteiger partial charge on any atom is -0.490 e. The second kappa shape index (κ2) is 14.2. The number of methoxy groups -OCH3 is 1. The molecule has 270 valence electrons. The van der Waals surface area contributed by atoms with Crippen LogP contribution in [-0.2, 0) is 33.5 Å². The fourth-order valence-electron chi connectivity index (χ4n) is 7.93. The zero-order valence-electron chi connectivity index (χ0n) is 29.8. The molecule has 0 fully saturated rings. The quantitative estimate of drug-likeness (QED) is 0.223. The van der Waals surface area contributed by atoms with E-state index < -0.39 is 15.8 Å². The van der Waals surface area contributed by atoms with Crippen LogP contribution in [0.1, 0.15) is 61.5 Å². The van der Waals surface area contributed by atoms with Gasteiger partial charge < -0.3 is 14.4 Å². The Morgan fingerprint density at radius 1 is 1.14 bits per heavy atom. The van der Waals surface area contributed by atoms with Crippen molar-refractivity contribution in [2.45, 2.75) is 58.0 Å². The largest absolute Gasteiger partial charge is 0.490 e. The van der Waals surface area contributed by atoms with Crippen molar-refractivity contribution in [2.75, 3.05) is 42.2 Å². The van der Waals surface area contributed by atoms with Gasteiger partial charge in [-0.1, -0.05) is 50.6 Å². The number of aryl methyl sites for hydroxylation is 2. The first kappa shape index (κ1) is 35.4. The summed E-state index contributed by atoms with van der Waals surface area (Å²) < 4.78 is 36.6. The van der Waals surface area contributed by atoms with Crippen molar-refractivity contribution in [3.8, 4) is 5.75 Å². The predicted molar refractivity (Wildman–Crippen MR) is 202 cm³/mol. The molecule has 2 aliphatic heterocycles. The highest BCUT2D eigenvalue weighted by atomic mass is 35.5. The number of ether oxygens (including phenoxy) is 2. The van der Waals surface area contributed by atoms with Crippen LogP contribution >= 0.6 is 11.6 Å². The molecule has 11 nitrogen and oxygen atoms in total. The number of aromatic nitrogens is 4. The molecule has 51 heavy (non-hydrogen) atoms. The first-order chi connectivity index (χ1) is 24.5. The van der Waals surface area contributed by atoms with Crippen molar-refractivity contribution in [1.29, 1.82) is 0 Å². The Balaban J connectivity index is 1.33. The number of amides is 1. The van der Waals surface area contributed by atoms with Gasteiger partial charge in [-0.3, -0.25) is 14.2 Å². The lowest BCUT2D eigenvalue weighted by molar-refractivity contribution is 0.0743. The maximum atomic E-state index is 14.8. The maximum absolute atomic E-state index is 14.8. The summed E-state index contributed by atoms with van der Waals surface area (Å²) in [7, 11) is 0.166. The molecule has 1 N–H and O–H groups in total. The Hall–Kier alpha value is -4.00. The van der Waals surface area contributed by atoms with Crippen molar-refractivity contribution < 1.29 is 18.5 Å². The van der Waals surface area contributed by atoms with E-state index in [-0.39, 0.29) is 35.0 Å². The molecule has 4 heterocycles. The summed E-state index contributed by atoms with van der Waals surface area (Å²) >= 11 is 6.46. The third-order valence-electron chi connectivity index (χ3n) is 10.9. The zero-order valence-corrected chi connectivity index (χ0v) is 31.4. The number of nitrogens with zero attached hydrogens (tertiary/aromatic N) is 6. The van der Waals surface area contributed by atoms with Crippen LogP contribution in [0.2, 0.25) is 5.02 Å². The number of carbonyl (C=O) groups is 1. The van der Waals surface area contributed by atoms with Gasteiger partial charge in [-0.15, -0.1) is 4.36 Å². The Labute approximate surface area is 305 Å². The average molecular weight is 732 g/mol. The number of benzene rings is 2. The summed E-state index contributed by atoms with van der Waals surface area (Å²) in [6.45, 7) is 8.43. The molecular formula is C38H46ClN7O4S. The van der Waals surface area contributed by atoms with Crippen LogP contribution in [-0.4, -0.2) is 68.5 Å². The number of hydrogen-bond acceptors (Lipinski definition) is 8. The number of hydrogen-bond donors (Lipinski definition) is 1. The average Bonchev–Trinajstić information content (AvgIpc) is 3.42. The Kier molecular flexibility index (Phi) is 9.86. The molecule has 1 unspecified atom stereocenters. The van der Waals surface area contributed by atoms with E-state index in [1.165, 1.54) is 17.5 Å². The molecule has 1 spiro atoms. The van der Waals surface area contributed by atoms with Crippen molar-refractivity contribution in [3.63, 3.8) is 0 Å². The summed E-state index contributed by atoms with van der Waals surface area (Å²) in [5.41, 5.74) is 4.02. The second-order valence-electron chi connectivity index (χ2n) is 14.6. The smallest absolute Gasteiger partial charge is 0.286 e. The van der Waals surface area contributed by atoms with E-state index >= 15 is 0 Å². The molecule has 0 radical (unpaired) electrons. The fraction of sp³-hybridized carbons (Fsp3) is 0.474. The molecule has 1 amide bonds. The molecular weight excluding hydrogens is 686 g/mol. The van der Waals surface area contributed by atoms with E-state index in [9.17, 15) is 9.00 Å². The second-order valence-corrected chi connectivity index (χ2v) is 17.1. The van der Waals surface area contributed by atoms with Gasteiger partial charge in [-0.05, 0) is 84.9 Å². The zero-order chi connectivity index (χ0) is 35.9. The van der Waals surface area contributed by atoms with Gasteiger partial charge >= 0.3 is 0 Å². The molecule has 13 heteroatoms. The van der Waals surface area contributed by atoms with Crippen molar-refractivity contribution in [1.82, 2.24) is 19.7 Å². The van der Waals surface area contributed by atoms with Crippen LogP contribution in [0.15, 0.2) is 65.4 Å². The first-order valence-corrected chi connectivity index (χ1v) is 19.7. The van der Waals surface area contributed by atoms with Crippen LogP contribution in [0.25, 0.3) is 11.0 Å². The minimum absolute atomic E-state index is 0.0810. The number of allylic oxidation sites excluding steroid dienone is 1. The van der Waals surface area contributed by atoms with Gasteiger partial charge in [-0.25, -0.2) is 14.2 Å². The van der Waals surface area contributed by atoms with Crippen molar-refractivity contribution >= 4 is 50.0 Å². The summed E-state index contributed by atoms with van der Waals surface area (Å²) in [5.74, 6) is 0.897. The van der Waals surface area contributed by atoms with Crippen LogP contribution in [0.4, 0.5) is 11.5 Å². The van der Waals surface area contributed by atoms with E-state index in [4.69, 9.17) is 21.1 Å². The van der Waals surface area contributed by atoms with Crippen LogP contribution in [0.5, 0.6) is 5.75 Å². The lowest BCUT2D eigenvalue weighted by Crippen LogP contribution is -2.47. The van der Waals surface area contributed by atoms with Crippen molar-refractivity contribution in [3.05, 3.63) is 82.8 Å². The molecule has 2 aromatic heterocycles. The van der Waals surface area contributed by atoms with Gasteiger partial charge in [0, 0.05) is 43.2 Å². The molecule has 0 saturated heterocycles. The van der Waals surface area contributed by atoms with E-state index in [1.807, 2.05) is 25.1 Å². The Morgan fingerprint density at radius 3 is 2.80 bits per heavy atom. The molecule has 6 atom stereocenters. The van der Waals surface area contributed by atoms with Gasteiger partial charge in [-0.2, -0.15) is 5.10 Å². The molecule has 2 bridgehead atoms. The summed E-state index contributed by atoms with van der Waals surface area (Å²) in [6, 6.07) is 11.7. The van der Waals surface area contributed by atoms with Gasteiger partial charge in [0.2, 0.25) is 0 Å². The number of rotatable bonds is 3. The molecule has 3 aliphatic rings. The van der Waals surface area contributed by atoms with E-state index in [2.05, 4.69) is 67.2 Å². The van der Waals surface area contributed by atoms with Gasteiger partial charge in [0.05, 0.1) is 35.7 Å². The fourth-order valence-corrected chi connectivity index (χ4v) is 10.1. The van der Waals surface area contributed by atoms with E-state index in [1.54, 1.807) is 31.1 Å². The normalized spacial score (nSPS) is 29.1. The molecule has 1 aliphatic carbocycles. The summed E-state index contributed by atoms with van der Waals surface area (Å²) in [5, 5.41) is 5.62. The summed E-state index contributed by atoms with van der Waals surface area (Å²) in [4.78, 5) is 25.2. The first-order valence-electron chi connectivity index (χ1n) is 17.7. The summed E-state index contributed by atoms with van der Waals surface area (Å²) in [6.07, 6.45) is 10.7. The molecule has 0 saturated carbocycles. The highest BCUT2D eigenvalue weighted by Crippen LogP contribution is 2.45. The Bertz CT molecular complexity index is 2110. The van der Waals surface area contributed by atoms with Crippen LogP contribution in [0, 0.1) is 17.8 Å². The number of halogens is 1. The van der Waals surface area contributed by atoms with Crippen molar-refractivity contribution in [2.24, 2.45) is 29.2 Å². The van der Waals surface area contributed by atoms with E-state index in [0.29, 0.717) is 54.3 Å². The molecule has 2 aromatic carbocycles. The number of anilines is 2. The SMILES string of the molecule is CO[C@H]1/C=C/C[C@H](C)CS(=O)(Nc2ncnc3c2cnn3C)=NC(=O)c2ccc3c(c2)N(C[C@H](C)[C@H]1C)C[C@@]1(CCCc2cc(Cl)ccc21)CO3. The topological polar surface area (TPSA) is 124 Å². The number of carbonyl (C=O) groups excluding carboxylic acids is 1. The standard InChI is InChI=1S/C38H46ClN7O4S/c1-24-8-6-10-33(49-5)26(3)25(2)19-46-21-38(15-7-9-27-16-29(39)12-13-31(27)38)22-50-34-14-11-28(17-32(34)46)37(47)44-51(48,20-24)43-35-30-18-42-45(4)36(30)41-23-40-35/h6,10-14,16-18,23-26,33H,7-9,15,19-22H2,1-5H3,(H,40,41,43,44,47,48)/b10-6+/t24-,25-,26+,33-,38-,51?/m0/s1. The number of fused-ring (bicyclic) bond motifs is 4. The molecule has 4 aromatic rings. The van der Waals surface area contributed by atoms with Crippen LogP contribution in [0.3, 0.4) is 0 Å². The third kappa shape index (κ3) is 7.10. The Morgan fingerprint density at radius 2 is 1.98 bits per heavy atom. The number of nitrogens with one attached hydrogen (secondary N) is 1. The highest BCUT2D eigenvalue weighted by molar-refractivity contribution is 7.95. The van der Waals surface area contributed by atoms with E-state index in [0.717, 1.165) is 30.0 Å². The monoisotopic (exact) mass is 731 g/mol. The van der Waals surface area contributed by atoms with Gasteiger partial charge in [0.25, 0.3) is 5.91 Å². The lowest BCUT2D eigenvalue weighted by atomic mass is 9.70. The third-order valence-corrected chi connectivity index (χ3v) is 13.1. The predicted octanol–water partition coefficient (Wildman–Crippen LogP) is 7.01. The molecule has 7 rings (SSSR count). The minimum atomic E-state index is -3.36. The van der Waals surface area contributed by atoms with Gasteiger partial charge in [0.1, 0.15) is 22.0 Å². The van der Waals surface area contributed by atoms with Crippen LogP contribution < -0.4 is 14.4 Å².